The van der Waals surface area contributed by atoms with Crippen LogP contribution in [0.2, 0.25) is 10.0 Å². The average molecular weight is 438 g/mol. The zero-order valence-electron chi connectivity index (χ0n) is 15.7. The summed E-state index contributed by atoms with van der Waals surface area (Å²) in [6.07, 6.45) is 0. The van der Waals surface area contributed by atoms with E-state index in [-0.39, 0.29) is 6.54 Å². The van der Waals surface area contributed by atoms with Crippen molar-refractivity contribution in [1.29, 1.82) is 0 Å². The largest absolute Gasteiger partial charge is 0.340 e. The molecule has 4 amide bonds. The summed E-state index contributed by atoms with van der Waals surface area (Å²) in [4.78, 5) is 41.4. The molecule has 0 bridgehead atoms. The first-order valence-corrected chi connectivity index (χ1v) is 9.52. The van der Waals surface area contributed by atoms with Crippen LogP contribution >= 0.6 is 23.2 Å². The summed E-state index contributed by atoms with van der Waals surface area (Å²) < 4.78 is 13.2. The second-order valence-electron chi connectivity index (χ2n) is 6.73. The van der Waals surface area contributed by atoms with Gasteiger partial charge >= 0.3 is 6.03 Å². The van der Waals surface area contributed by atoms with E-state index in [0.29, 0.717) is 15.7 Å². The van der Waals surface area contributed by atoms with Crippen LogP contribution in [0.1, 0.15) is 12.5 Å². The molecular weight excluding hydrogens is 420 g/mol. The molecule has 0 radical (unpaired) electrons. The first-order chi connectivity index (χ1) is 13.7. The molecule has 3 rings (SSSR count). The predicted octanol–water partition coefficient (Wildman–Crippen LogP) is 3.95. The highest BCUT2D eigenvalue weighted by Gasteiger charge is 2.44. The maximum absolute atomic E-state index is 13.2. The van der Waals surface area contributed by atoms with Crippen LogP contribution < -0.4 is 4.90 Å². The van der Waals surface area contributed by atoms with Gasteiger partial charge in [0.2, 0.25) is 5.91 Å². The smallest absolute Gasteiger partial charge is 0.332 e. The minimum absolute atomic E-state index is 0.239. The third-order valence-corrected chi connectivity index (χ3v) is 5.41. The molecule has 152 valence electrons. The fraction of sp³-hybridized carbons (Fsp3) is 0.250. The number of hydrogen-bond acceptors (Lipinski definition) is 3. The van der Waals surface area contributed by atoms with Crippen molar-refractivity contribution in [2.45, 2.75) is 19.5 Å². The van der Waals surface area contributed by atoms with Gasteiger partial charge in [0.25, 0.3) is 5.91 Å². The lowest BCUT2D eigenvalue weighted by molar-refractivity contribution is -0.136. The molecule has 0 spiro atoms. The van der Waals surface area contributed by atoms with Crippen molar-refractivity contribution in [2.75, 3.05) is 18.5 Å². The summed E-state index contributed by atoms with van der Waals surface area (Å²) in [5.74, 6) is -1.35. The molecule has 29 heavy (non-hydrogen) atoms. The minimum atomic E-state index is -0.791. The Kier molecular flexibility index (Phi) is 6.10. The number of carbonyl (C=O) groups excluding carboxylic acids is 3. The quantitative estimate of drug-likeness (QED) is 0.665. The van der Waals surface area contributed by atoms with E-state index in [0.717, 1.165) is 10.5 Å². The van der Waals surface area contributed by atoms with E-state index < -0.39 is 36.2 Å². The topological polar surface area (TPSA) is 60.9 Å². The van der Waals surface area contributed by atoms with Crippen molar-refractivity contribution in [1.82, 2.24) is 9.80 Å². The van der Waals surface area contributed by atoms with Crippen molar-refractivity contribution in [3.8, 4) is 0 Å². The summed E-state index contributed by atoms with van der Waals surface area (Å²) in [6, 6.07) is 8.86. The molecule has 0 saturated carbocycles. The van der Waals surface area contributed by atoms with E-state index in [9.17, 15) is 18.8 Å². The number of carbonyl (C=O) groups is 3. The molecule has 1 unspecified atom stereocenters. The van der Waals surface area contributed by atoms with Gasteiger partial charge in [0.1, 0.15) is 18.4 Å². The van der Waals surface area contributed by atoms with Crippen molar-refractivity contribution in [3.05, 3.63) is 63.9 Å². The number of imide groups is 1. The van der Waals surface area contributed by atoms with Gasteiger partial charge in [-0.1, -0.05) is 29.3 Å². The molecule has 2 aromatic carbocycles. The monoisotopic (exact) mass is 437 g/mol. The SMILES string of the molecule is CC1C(=O)N(CC(=O)N(C)Cc2ccc(Cl)c(Cl)c2)C(=O)N1c1ccc(F)cc1. The average Bonchev–Trinajstić information content (AvgIpc) is 2.89. The lowest BCUT2D eigenvalue weighted by Crippen LogP contribution is -2.42. The van der Waals surface area contributed by atoms with Gasteiger partial charge in [-0.3, -0.25) is 19.4 Å². The van der Waals surface area contributed by atoms with Crippen LogP contribution in [-0.4, -0.2) is 47.3 Å². The third-order valence-electron chi connectivity index (χ3n) is 4.68. The number of urea groups is 1. The van der Waals surface area contributed by atoms with Gasteiger partial charge in [0.15, 0.2) is 0 Å². The van der Waals surface area contributed by atoms with E-state index in [1.165, 1.54) is 34.1 Å². The van der Waals surface area contributed by atoms with Gasteiger partial charge in [-0.15, -0.1) is 0 Å². The molecule has 0 aliphatic carbocycles. The normalized spacial score (nSPS) is 16.5. The Hall–Kier alpha value is -2.64. The van der Waals surface area contributed by atoms with E-state index in [1.54, 1.807) is 32.2 Å². The minimum Gasteiger partial charge on any atom is -0.340 e. The zero-order chi connectivity index (χ0) is 21.3. The Morgan fingerprint density at radius 1 is 1.10 bits per heavy atom. The summed E-state index contributed by atoms with van der Waals surface area (Å²) in [5, 5.41) is 0.784. The van der Waals surface area contributed by atoms with E-state index >= 15 is 0 Å². The Bertz CT molecular complexity index is 968. The molecule has 1 saturated heterocycles. The number of likely N-dealkylation sites (N-methyl/N-ethyl adjacent to an activating group) is 1. The fourth-order valence-electron chi connectivity index (χ4n) is 3.06. The second-order valence-corrected chi connectivity index (χ2v) is 7.54. The van der Waals surface area contributed by atoms with Gasteiger partial charge in [-0.05, 0) is 48.9 Å². The summed E-state index contributed by atoms with van der Waals surface area (Å²) in [5.41, 5.74) is 1.15. The van der Waals surface area contributed by atoms with E-state index in [1.807, 2.05) is 0 Å². The Labute approximate surface area is 177 Å². The summed E-state index contributed by atoms with van der Waals surface area (Å²) in [7, 11) is 1.57. The molecule has 9 heteroatoms. The van der Waals surface area contributed by atoms with Crippen LogP contribution in [0.25, 0.3) is 0 Å². The Balaban J connectivity index is 1.70. The zero-order valence-corrected chi connectivity index (χ0v) is 17.2. The Morgan fingerprint density at radius 2 is 1.76 bits per heavy atom. The second kappa shape index (κ2) is 8.39. The highest BCUT2D eigenvalue weighted by Crippen LogP contribution is 2.26. The molecular formula is C20H18Cl2FN3O3. The maximum atomic E-state index is 13.2. The first-order valence-electron chi connectivity index (χ1n) is 8.77. The Morgan fingerprint density at radius 3 is 2.38 bits per heavy atom. The number of halogens is 3. The van der Waals surface area contributed by atoms with Crippen LogP contribution in [0, 0.1) is 5.82 Å². The lowest BCUT2D eigenvalue weighted by atomic mass is 10.2. The van der Waals surface area contributed by atoms with Gasteiger partial charge < -0.3 is 4.90 Å². The number of rotatable bonds is 5. The van der Waals surface area contributed by atoms with Gasteiger partial charge in [-0.2, -0.15) is 0 Å². The predicted molar refractivity (Wildman–Crippen MR) is 108 cm³/mol. The number of hydrogen-bond donors (Lipinski definition) is 0. The molecule has 6 nitrogen and oxygen atoms in total. The van der Waals surface area contributed by atoms with E-state index in [2.05, 4.69) is 0 Å². The highest BCUT2D eigenvalue weighted by molar-refractivity contribution is 6.42. The number of nitrogens with zero attached hydrogens (tertiary/aromatic N) is 3. The van der Waals surface area contributed by atoms with Crippen molar-refractivity contribution >= 4 is 46.7 Å². The van der Waals surface area contributed by atoms with Gasteiger partial charge in [0.05, 0.1) is 10.0 Å². The summed E-state index contributed by atoms with van der Waals surface area (Å²) in [6.45, 7) is 1.41. The lowest BCUT2D eigenvalue weighted by Gasteiger charge is -2.21. The molecule has 1 aliphatic heterocycles. The summed E-state index contributed by atoms with van der Waals surface area (Å²) >= 11 is 11.9. The van der Waals surface area contributed by atoms with Crippen LogP contribution in [-0.2, 0) is 16.1 Å². The highest BCUT2D eigenvalue weighted by atomic mass is 35.5. The molecule has 1 fully saturated rings. The van der Waals surface area contributed by atoms with E-state index in [4.69, 9.17) is 23.2 Å². The fourth-order valence-corrected chi connectivity index (χ4v) is 3.38. The van der Waals surface area contributed by atoms with Crippen molar-refractivity contribution in [2.24, 2.45) is 0 Å². The number of anilines is 1. The maximum Gasteiger partial charge on any atom is 0.332 e. The molecule has 0 N–H and O–H groups in total. The third kappa shape index (κ3) is 4.36. The molecule has 1 atom stereocenters. The van der Waals surface area contributed by atoms with Crippen molar-refractivity contribution < 1.29 is 18.8 Å². The number of benzene rings is 2. The van der Waals surface area contributed by atoms with Crippen LogP contribution in [0.15, 0.2) is 42.5 Å². The van der Waals surface area contributed by atoms with Crippen LogP contribution in [0.3, 0.4) is 0 Å². The van der Waals surface area contributed by atoms with Gasteiger partial charge in [-0.25, -0.2) is 9.18 Å². The molecule has 2 aromatic rings. The number of amides is 4. The molecule has 1 heterocycles. The van der Waals surface area contributed by atoms with Crippen LogP contribution in [0.4, 0.5) is 14.9 Å². The van der Waals surface area contributed by atoms with Crippen molar-refractivity contribution in [3.63, 3.8) is 0 Å². The standard InChI is InChI=1S/C20H18Cl2FN3O3/c1-12-19(28)25(20(29)26(12)15-6-4-14(23)5-7-15)11-18(27)24(2)10-13-3-8-16(21)17(22)9-13/h3-9,12H,10-11H2,1-2H3. The van der Waals surface area contributed by atoms with Crippen LogP contribution in [0.5, 0.6) is 0 Å². The first kappa shape index (κ1) is 21.1. The van der Waals surface area contributed by atoms with Gasteiger partial charge in [0, 0.05) is 19.3 Å². The molecule has 0 aromatic heterocycles. The molecule has 1 aliphatic rings.